The molecule has 0 spiro atoms. The second-order valence-corrected chi connectivity index (χ2v) is 5.79. The molecular formula is C14H19N3O4. The quantitative estimate of drug-likeness (QED) is 0.769. The van der Waals surface area contributed by atoms with Gasteiger partial charge in [-0.2, -0.15) is 0 Å². The molecule has 1 aromatic rings. The molecule has 7 nitrogen and oxygen atoms in total. The Hall–Kier alpha value is -1.89. The number of rotatable bonds is 4. The molecule has 3 rings (SSSR count). The summed E-state index contributed by atoms with van der Waals surface area (Å²) in [6, 6.07) is 0. The third-order valence-electron chi connectivity index (χ3n) is 4.36. The van der Waals surface area contributed by atoms with Crippen LogP contribution in [0.5, 0.6) is 0 Å². The van der Waals surface area contributed by atoms with Crippen molar-refractivity contribution in [3.8, 4) is 0 Å². The first-order chi connectivity index (χ1) is 10.1. The zero-order valence-electron chi connectivity index (χ0n) is 11.7. The van der Waals surface area contributed by atoms with Crippen molar-refractivity contribution in [3.05, 3.63) is 17.7 Å². The summed E-state index contributed by atoms with van der Waals surface area (Å²) in [6.07, 6.45) is 5.57. The highest BCUT2D eigenvalue weighted by Gasteiger charge is 2.44. The number of imidazole rings is 1. The molecule has 1 amide bonds. The van der Waals surface area contributed by atoms with E-state index in [4.69, 9.17) is 9.84 Å². The molecule has 1 saturated heterocycles. The first-order valence-corrected chi connectivity index (χ1v) is 7.29. The highest BCUT2D eigenvalue weighted by Crippen LogP contribution is 2.40. The largest absolute Gasteiger partial charge is 0.477 e. The third-order valence-corrected chi connectivity index (χ3v) is 4.36. The lowest BCUT2D eigenvalue weighted by molar-refractivity contribution is -0.132. The predicted molar refractivity (Wildman–Crippen MR) is 72.8 cm³/mol. The standard InChI is InChI=1S/C14H19N3O4/c18-11(9-3-1-6-21-8-9)17-14(4-2-5-14)13-15-7-10(16-13)12(19)20/h7,9H,1-6,8H2,(H,15,16)(H,17,18)(H,19,20). The zero-order chi connectivity index (χ0) is 14.9. The summed E-state index contributed by atoms with van der Waals surface area (Å²) < 4.78 is 5.35. The van der Waals surface area contributed by atoms with Crippen molar-refractivity contribution in [2.75, 3.05) is 13.2 Å². The monoisotopic (exact) mass is 293 g/mol. The lowest BCUT2D eigenvalue weighted by Crippen LogP contribution is -2.54. The minimum Gasteiger partial charge on any atom is -0.477 e. The third kappa shape index (κ3) is 2.65. The second-order valence-electron chi connectivity index (χ2n) is 5.79. The number of amides is 1. The van der Waals surface area contributed by atoms with Crippen LogP contribution >= 0.6 is 0 Å². The van der Waals surface area contributed by atoms with Crippen molar-refractivity contribution in [2.24, 2.45) is 5.92 Å². The Kier molecular flexibility index (Phi) is 3.67. The van der Waals surface area contributed by atoms with Gasteiger partial charge < -0.3 is 20.1 Å². The van der Waals surface area contributed by atoms with Crippen LogP contribution in [0.3, 0.4) is 0 Å². The van der Waals surface area contributed by atoms with E-state index in [2.05, 4.69) is 15.3 Å². The second kappa shape index (κ2) is 5.48. The van der Waals surface area contributed by atoms with Crippen LogP contribution in [-0.2, 0) is 15.1 Å². The van der Waals surface area contributed by atoms with E-state index in [1.54, 1.807) is 0 Å². The van der Waals surface area contributed by atoms with E-state index in [0.29, 0.717) is 12.4 Å². The van der Waals surface area contributed by atoms with Gasteiger partial charge in [-0.3, -0.25) is 4.79 Å². The summed E-state index contributed by atoms with van der Waals surface area (Å²) >= 11 is 0. The fraction of sp³-hybridized carbons (Fsp3) is 0.643. The predicted octanol–water partition coefficient (Wildman–Crippen LogP) is 1.03. The zero-order valence-corrected chi connectivity index (χ0v) is 11.7. The lowest BCUT2D eigenvalue weighted by Gasteiger charge is -2.41. The fourth-order valence-electron chi connectivity index (χ4n) is 2.91. The minimum atomic E-state index is -1.05. The number of carboxylic acid groups (broad SMARTS) is 1. The van der Waals surface area contributed by atoms with E-state index >= 15 is 0 Å². The van der Waals surface area contributed by atoms with E-state index in [0.717, 1.165) is 38.7 Å². The molecule has 1 aromatic heterocycles. The number of nitrogens with one attached hydrogen (secondary N) is 2. The molecule has 0 bridgehead atoms. The van der Waals surface area contributed by atoms with Crippen molar-refractivity contribution in [2.45, 2.75) is 37.6 Å². The number of ether oxygens (including phenoxy) is 1. The van der Waals surface area contributed by atoms with Crippen molar-refractivity contribution in [3.63, 3.8) is 0 Å². The summed E-state index contributed by atoms with van der Waals surface area (Å²) in [7, 11) is 0. The number of hydrogen-bond acceptors (Lipinski definition) is 4. The Bertz CT molecular complexity index is 544. The van der Waals surface area contributed by atoms with Gasteiger partial charge in [0.1, 0.15) is 11.5 Å². The van der Waals surface area contributed by atoms with Crippen LogP contribution < -0.4 is 5.32 Å². The summed E-state index contributed by atoms with van der Waals surface area (Å²) in [4.78, 5) is 30.3. The highest BCUT2D eigenvalue weighted by molar-refractivity contribution is 5.85. The lowest BCUT2D eigenvalue weighted by atomic mass is 9.75. The molecule has 0 aromatic carbocycles. The highest BCUT2D eigenvalue weighted by atomic mass is 16.5. The van der Waals surface area contributed by atoms with Crippen LogP contribution in [0.4, 0.5) is 0 Å². The first kappa shape index (κ1) is 14.1. The van der Waals surface area contributed by atoms with E-state index in [-0.39, 0.29) is 17.5 Å². The molecule has 2 fully saturated rings. The SMILES string of the molecule is O=C(O)c1cnc(C2(NC(=O)C3CCCOC3)CCC2)[nH]1. The number of aromatic amines is 1. The number of aromatic nitrogens is 2. The minimum absolute atomic E-state index is 0.0253. The summed E-state index contributed by atoms with van der Waals surface area (Å²) in [6.45, 7) is 1.18. The van der Waals surface area contributed by atoms with Crippen LogP contribution in [0.2, 0.25) is 0 Å². The average molecular weight is 293 g/mol. The fourth-order valence-corrected chi connectivity index (χ4v) is 2.91. The van der Waals surface area contributed by atoms with Crippen LogP contribution in [-0.4, -0.2) is 40.2 Å². The van der Waals surface area contributed by atoms with Gasteiger partial charge in [-0.15, -0.1) is 0 Å². The maximum atomic E-state index is 12.4. The molecular weight excluding hydrogens is 274 g/mol. The van der Waals surface area contributed by atoms with Gasteiger partial charge in [-0.1, -0.05) is 0 Å². The molecule has 2 heterocycles. The maximum Gasteiger partial charge on any atom is 0.353 e. The Morgan fingerprint density at radius 3 is 2.76 bits per heavy atom. The molecule has 114 valence electrons. The number of aromatic carboxylic acids is 1. The van der Waals surface area contributed by atoms with Crippen molar-refractivity contribution in [1.29, 1.82) is 0 Å². The van der Waals surface area contributed by atoms with Gasteiger partial charge in [0, 0.05) is 6.61 Å². The Balaban J connectivity index is 1.73. The smallest absolute Gasteiger partial charge is 0.353 e. The summed E-state index contributed by atoms with van der Waals surface area (Å²) in [5.74, 6) is -0.653. The molecule has 21 heavy (non-hydrogen) atoms. The molecule has 1 atom stereocenters. The van der Waals surface area contributed by atoms with Gasteiger partial charge in [0.25, 0.3) is 0 Å². The molecule has 1 aliphatic carbocycles. The van der Waals surface area contributed by atoms with Crippen LogP contribution in [0.1, 0.15) is 48.4 Å². The number of nitrogens with zero attached hydrogens (tertiary/aromatic N) is 1. The number of hydrogen-bond donors (Lipinski definition) is 3. The Labute approximate surface area is 122 Å². The number of carboxylic acids is 1. The molecule has 1 unspecified atom stereocenters. The summed E-state index contributed by atoms with van der Waals surface area (Å²) in [5, 5.41) is 12.0. The van der Waals surface area contributed by atoms with Gasteiger partial charge in [-0.25, -0.2) is 9.78 Å². The molecule has 3 N–H and O–H groups in total. The van der Waals surface area contributed by atoms with Gasteiger partial charge in [0.05, 0.1) is 24.3 Å². The van der Waals surface area contributed by atoms with Gasteiger partial charge in [0.2, 0.25) is 5.91 Å². The van der Waals surface area contributed by atoms with E-state index < -0.39 is 11.5 Å². The normalized spacial score (nSPS) is 24.1. The maximum absolute atomic E-state index is 12.4. The van der Waals surface area contributed by atoms with Gasteiger partial charge in [-0.05, 0) is 32.1 Å². The van der Waals surface area contributed by atoms with E-state index in [9.17, 15) is 9.59 Å². The number of H-pyrrole nitrogens is 1. The van der Waals surface area contributed by atoms with Crippen LogP contribution in [0.25, 0.3) is 0 Å². The molecule has 7 heteroatoms. The van der Waals surface area contributed by atoms with Crippen molar-refractivity contribution < 1.29 is 19.4 Å². The van der Waals surface area contributed by atoms with E-state index in [1.807, 2.05) is 0 Å². The molecule has 1 aliphatic heterocycles. The molecule has 1 saturated carbocycles. The van der Waals surface area contributed by atoms with Crippen molar-refractivity contribution >= 4 is 11.9 Å². The van der Waals surface area contributed by atoms with Crippen LogP contribution in [0, 0.1) is 5.92 Å². The van der Waals surface area contributed by atoms with Gasteiger partial charge in [0.15, 0.2) is 0 Å². The van der Waals surface area contributed by atoms with Gasteiger partial charge >= 0.3 is 5.97 Å². The number of carbonyl (C=O) groups excluding carboxylic acids is 1. The number of carbonyl (C=O) groups is 2. The molecule has 0 radical (unpaired) electrons. The topological polar surface area (TPSA) is 104 Å². The average Bonchev–Trinajstić information content (AvgIpc) is 2.93. The Morgan fingerprint density at radius 1 is 1.43 bits per heavy atom. The first-order valence-electron chi connectivity index (χ1n) is 7.29. The van der Waals surface area contributed by atoms with Crippen LogP contribution in [0.15, 0.2) is 6.20 Å². The molecule has 2 aliphatic rings. The van der Waals surface area contributed by atoms with E-state index in [1.165, 1.54) is 6.20 Å². The Morgan fingerprint density at radius 2 is 2.24 bits per heavy atom. The summed E-state index contributed by atoms with van der Waals surface area (Å²) in [5.41, 5.74) is -0.492. The van der Waals surface area contributed by atoms with Crippen molar-refractivity contribution in [1.82, 2.24) is 15.3 Å².